The van der Waals surface area contributed by atoms with E-state index in [0.717, 1.165) is 17.2 Å². The molecule has 6 rings (SSSR count). The average Bonchev–Trinajstić information content (AvgIpc) is 3.19. The predicted octanol–water partition coefficient (Wildman–Crippen LogP) is 5.68. The fourth-order valence-corrected chi connectivity index (χ4v) is 8.09. The van der Waals surface area contributed by atoms with Gasteiger partial charge in [-0.15, -0.1) is 0 Å². The van der Waals surface area contributed by atoms with E-state index in [2.05, 4.69) is 31.5 Å². The highest BCUT2D eigenvalue weighted by Crippen LogP contribution is 2.55. The maximum Gasteiger partial charge on any atom is 0.338 e. The molecule has 3 aliphatic carbocycles. The van der Waals surface area contributed by atoms with Crippen LogP contribution in [0, 0.1) is 11.8 Å². The van der Waals surface area contributed by atoms with Crippen molar-refractivity contribution in [3.05, 3.63) is 95.1 Å². The molecule has 2 amide bonds. The number of amides is 2. The normalized spacial score (nSPS) is 18.1. The molecule has 1 N–H and O–H groups in total. The van der Waals surface area contributed by atoms with Gasteiger partial charge >= 0.3 is 11.9 Å². The summed E-state index contributed by atoms with van der Waals surface area (Å²) in [6.45, 7) is 10.3. The number of carbonyl (C=O) groups excluding carboxylic acids is 5. The van der Waals surface area contributed by atoms with Gasteiger partial charge < -0.3 is 38.6 Å². The average molecular weight is 801 g/mol. The summed E-state index contributed by atoms with van der Waals surface area (Å²) in [6.07, 6.45) is 1.57. The number of methoxy groups -OCH3 is 3. The fourth-order valence-electron chi connectivity index (χ4n) is 7.38. The Morgan fingerprint density at radius 3 is 2.18 bits per heavy atom. The van der Waals surface area contributed by atoms with Gasteiger partial charge in [0.25, 0.3) is 0 Å². The van der Waals surface area contributed by atoms with Gasteiger partial charge in [-0.1, -0.05) is 50.5 Å². The molecule has 0 radical (unpaired) electrons. The van der Waals surface area contributed by atoms with E-state index in [0.29, 0.717) is 39.7 Å². The zero-order valence-electron chi connectivity index (χ0n) is 33.7. The number of nitrogens with zero attached hydrogens (tertiary/aromatic N) is 1. The first-order valence-electron chi connectivity index (χ1n) is 18.8. The van der Waals surface area contributed by atoms with Gasteiger partial charge in [0.2, 0.25) is 11.8 Å². The fraction of sp³-hybridized carbons (Fsp3) is 0.419. The van der Waals surface area contributed by atoms with E-state index in [1.54, 1.807) is 48.5 Å². The summed E-state index contributed by atoms with van der Waals surface area (Å²) in [7, 11) is 4.47. The second-order valence-electron chi connectivity index (χ2n) is 15.4. The Hall–Kier alpha value is -5.63. The van der Waals surface area contributed by atoms with Gasteiger partial charge in [0.1, 0.15) is 42.0 Å². The third-order valence-corrected chi connectivity index (χ3v) is 12.1. The number of hydrogen-bond donors (Lipinski definition) is 1. The van der Waals surface area contributed by atoms with Crippen LogP contribution in [0.15, 0.2) is 67.3 Å². The molecule has 304 valence electrons. The van der Waals surface area contributed by atoms with Crippen molar-refractivity contribution in [1.29, 1.82) is 0 Å². The van der Waals surface area contributed by atoms with Crippen LogP contribution in [-0.2, 0) is 41.8 Å². The first-order chi connectivity index (χ1) is 27.2. The van der Waals surface area contributed by atoms with Crippen molar-refractivity contribution < 1.29 is 52.4 Å². The van der Waals surface area contributed by atoms with E-state index in [9.17, 15) is 24.0 Å². The second-order valence-corrected chi connectivity index (χ2v) is 21.1. The highest BCUT2D eigenvalue weighted by Gasteiger charge is 2.57. The largest absolute Gasteiger partial charge is 0.496 e. The highest BCUT2D eigenvalue weighted by molar-refractivity contribution is 6.76. The molecule has 1 saturated carbocycles. The topological polar surface area (TPSA) is 156 Å². The molecule has 0 heterocycles. The van der Waals surface area contributed by atoms with Gasteiger partial charge in [-0.2, -0.15) is 0 Å². The number of rotatable bonds is 18. The maximum absolute atomic E-state index is 14.4. The minimum Gasteiger partial charge on any atom is -0.496 e. The molecule has 4 atom stereocenters. The summed E-state index contributed by atoms with van der Waals surface area (Å²) < 4.78 is 33.4. The molecular weight excluding hydrogens is 749 g/mol. The highest BCUT2D eigenvalue weighted by atomic mass is 28.3. The van der Waals surface area contributed by atoms with Crippen LogP contribution in [-0.4, -0.2) is 90.6 Å². The minimum absolute atomic E-state index is 0.0553. The van der Waals surface area contributed by atoms with Crippen molar-refractivity contribution in [3.63, 3.8) is 0 Å². The number of esters is 2. The van der Waals surface area contributed by atoms with Crippen LogP contribution in [0.25, 0.3) is 0 Å². The lowest BCUT2D eigenvalue weighted by Gasteiger charge is -2.47. The number of carbonyl (C=O) groups is 5. The van der Waals surface area contributed by atoms with Gasteiger partial charge in [0.15, 0.2) is 0 Å². The van der Waals surface area contributed by atoms with Crippen LogP contribution in [0.1, 0.15) is 50.9 Å². The molecule has 3 aromatic carbocycles. The van der Waals surface area contributed by atoms with Gasteiger partial charge in [-0.3, -0.25) is 19.2 Å². The van der Waals surface area contributed by atoms with Crippen LogP contribution in [0.4, 0.5) is 0 Å². The molecule has 3 aromatic rings. The Kier molecular flexibility index (Phi) is 13.8. The number of ether oxygens (including phenoxy) is 6. The zero-order valence-corrected chi connectivity index (χ0v) is 34.7. The van der Waals surface area contributed by atoms with Gasteiger partial charge in [-0.05, 0) is 47.0 Å². The predicted molar refractivity (Wildman–Crippen MR) is 214 cm³/mol. The van der Waals surface area contributed by atoms with Crippen LogP contribution in [0.2, 0.25) is 25.7 Å². The van der Waals surface area contributed by atoms with E-state index >= 15 is 0 Å². The molecule has 14 heteroatoms. The van der Waals surface area contributed by atoms with Crippen molar-refractivity contribution in [2.24, 2.45) is 11.8 Å². The monoisotopic (exact) mass is 800 g/mol. The lowest BCUT2D eigenvalue weighted by molar-refractivity contribution is -0.161. The first-order valence-corrected chi connectivity index (χ1v) is 22.5. The SMILES string of the molecule is C=CCOC(=O)c1ccc(COc2ccc3c(c2)C2C(=O)CC3C(C(=O)N(C)CC(=O)NCc3c(OC)cc(OC)cc3OC)C2C(=O)OCC[Si](C)(C)C)cc1. The van der Waals surface area contributed by atoms with Gasteiger partial charge in [0.05, 0.1) is 69.9 Å². The molecule has 1 fully saturated rings. The summed E-state index contributed by atoms with van der Waals surface area (Å²) in [6, 6.07) is 16.3. The number of hydrogen-bond acceptors (Lipinski definition) is 11. The lowest BCUT2D eigenvalue weighted by atomic mass is 9.55. The van der Waals surface area contributed by atoms with Gasteiger partial charge in [0, 0.05) is 39.6 Å². The van der Waals surface area contributed by atoms with E-state index in [-0.39, 0.29) is 45.1 Å². The number of fused-ring (bicyclic) bond motifs is 2. The maximum atomic E-state index is 14.4. The van der Waals surface area contributed by atoms with Crippen LogP contribution in [0.3, 0.4) is 0 Å². The van der Waals surface area contributed by atoms with Crippen molar-refractivity contribution >= 4 is 37.6 Å². The number of benzene rings is 3. The standard InChI is InChI=1S/C43H52N2O11Si/c1-9-16-54-42(49)27-12-10-26(11-13-27)25-56-28-14-15-30-31(19-28)38-34(46)22-32(30)39(40(38)43(50)55-17-18-57(6,7)8)41(48)45(2)24-37(47)44-23-33-35(52-4)20-29(51-3)21-36(33)53-5/h9-15,19-21,32,38-40H,1,16-18,22-25H2,2-8H3,(H,44,47). The van der Waals surface area contributed by atoms with Gasteiger partial charge in [-0.25, -0.2) is 4.79 Å². The summed E-state index contributed by atoms with van der Waals surface area (Å²) in [5, 5.41) is 2.84. The summed E-state index contributed by atoms with van der Waals surface area (Å²) in [5.41, 5.74) is 3.21. The minimum atomic E-state index is -1.57. The Morgan fingerprint density at radius 2 is 1.56 bits per heavy atom. The van der Waals surface area contributed by atoms with Crippen molar-refractivity contribution in [3.8, 4) is 23.0 Å². The molecule has 4 unspecified atom stereocenters. The van der Waals surface area contributed by atoms with E-state index in [1.807, 2.05) is 6.07 Å². The molecule has 0 saturated heterocycles. The summed E-state index contributed by atoms with van der Waals surface area (Å²) >= 11 is 0. The first kappa shape index (κ1) is 42.5. The van der Waals surface area contributed by atoms with Crippen molar-refractivity contribution in [2.45, 2.75) is 57.1 Å². The van der Waals surface area contributed by atoms with Crippen molar-refractivity contribution in [2.75, 3.05) is 48.1 Å². The molecule has 57 heavy (non-hydrogen) atoms. The van der Waals surface area contributed by atoms with E-state index in [4.69, 9.17) is 28.4 Å². The van der Waals surface area contributed by atoms with Crippen LogP contribution in [0.5, 0.6) is 23.0 Å². The molecular formula is C43H52N2O11Si. The number of nitrogens with one attached hydrogen (secondary N) is 1. The number of Topliss-reactive ketones (excluding diaryl/α,β-unsaturated/α-hetero) is 1. The molecule has 2 bridgehead atoms. The molecule has 0 aromatic heterocycles. The Morgan fingerprint density at radius 1 is 0.877 bits per heavy atom. The molecule has 3 aliphatic rings. The Bertz CT molecular complexity index is 1970. The summed E-state index contributed by atoms with van der Waals surface area (Å²) in [5.74, 6) is -3.71. The van der Waals surface area contributed by atoms with E-state index in [1.165, 1.54) is 39.4 Å². The van der Waals surface area contributed by atoms with Crippen molar-refractivity contribution in [1.82, 2.24) is 10.2 Å². The molecule has 13 nitrogen and oxygen atoms in total. The quantitative estimate of drug-likeness (QED) is 0.0961. The number of ketones is 1. The summed E-state index contributed by atoms with van der Waals surface area (Å²) in [4.78, 5) is 69.0. The third-order valence-electron chi connectivity index (χ3n) is 10.4. The van der Waals surface area contributed by atoms with E-state index < -0.39 is 55.5 Å². The Labute approximate surface area is 334 Å². The zero-order chi connectivity index (χ0) is 41.4. The second kappa shape index (κ2) is 18.5. The molecule has 0 aliphatic heterocycles. The number of likely N-dealkylation sites (N-methyl/N-ethyl adjacent to an activating group) is 1. The molecule has 0 spiro atoms. The smallest absolute Gasteiger partial charge is 0.338 e. The van der Waals surface area contributed by atoms with Crippen LogP contribution >= 0.6 is 0 Å². The lowest BCUT2D eigenvalue weighted by Crippen LogP contribution is -2.54. The third kappa shape index (κ3) is 10.0. The Balaban J connectivity index is 1.35. The van der Waals surface area contributed by atoms with Crippen LogP contribution < -0.4 is 24.3 Å².